The molecule has 0 spiro atoms. The number of carbonyl (C=O) groups is 1. The second-order valence-electron chi connectivity index (χ2n) is 5.38. The monoisotopic (exact) mass is 331 g/mol. The summed E-state index contributed by atoms with van der Waals surface area (Å²) in [5, 5.41) is 19.7. The van der Waals surface area contributed by atoms with Crippen molar-refractivity contribution in [3.05, 3.63) is 29.3 Å². The molecule has 23 heavy (non-hydrogen) atoms. The van der Waals surface area contributed by atoms with Crippen LogP contribution >= 0.6 is 11.6 Å². The van der Waals surface area contributed by atoms with Crippen LogP contribution in [0.25, 0.3) is 11.5 Å². The van der Waals surface area contributed by atoms with E-state index in [1.54, 1.807) is 29.2 Å². The van der Waals surface area contributed by atoms with E-state index in [0.29, 0.717) is 36.0 Å². The van der Waals surface area contributed by atoms with Crippen molar-refractivity contribution in [3.63, 3.8) is 0 Å². The van der Waals surface area contributed by atoms with Gasteiger partial charge in [0.05, 0.1) is 0 Å². The first-order chi connectivity index (χ1) is 11.1. The van der Waals surface area contributed by atoms with E-state index in [-0.39, 0.29) is 17.8 Å². The van der Waals surface area contributed by atoms with E-state index < -0.39 is 0 Å². The minimum Gasteiger partial charge on any atom is -0.403 e. The molecule has 0 radical (unpaired) electrons. The fraction of sp³-hybridized carbons (Fsp3) is 0.333. The zero-order valence-electron chi connectivity index (χ0n) is 12.2. The number of carbonyl (C=O) groups excluding carboxylic acids is 1. The van der Waals surface area contributed by atoms with E-state index >= 15 is 0 Å². The first-order valence-corrected chi connectivity index (χ1v) is 7.56. The Kier molecular flexibility index (Phi) is 4.44. The third kappa shape index (κ3) is 3.79. The van der Waals surface area contributed by atoms with Crippen molar-refractivity contribution in [1.29, 1.82) is 5.26 Å². The molecule has 0 saturated carbocycles. The number of aromatic nitrogens is 2. The third-order valence-corrected chi connectivity index (χ3v) is 3.88. The van der Waals surface area contributed by atoms with Gasteiger partial charge in [-0.1, -0.05) is 22.8 Å². The second kappa shape index (κ2) is 6.67. The van der Waals surface area contributed by atoms with Gasteiger partial charge in [0, 0.05) is 30.1 Å². The van der Waals surface area contributed by atoms with E-state index in [1.165, 1.54) is 0 Å². The number of rotatable bonds is 4. The van der Waals surface area contributed by atoms with Crippen LogP contribution < -0.4 is 5.32 Å². The van der Waals surface area contributed by atoms with Gasteiger partial charge >= 0.3 is 6.01 Å². The molecule has 1 saturated heterocycles. The van der Waals surface area contributed by atoms with Gasteiger partial charge in [-0.2, -0.15) is 5.26 Å². The number of benzene rings is 1. The van der Waals surface area contributed by atoms with Gasteiger partial charge in [-0.05, 0) is 30.5 Å². The van der Waals surface area contributed by atoms with Crippen molar-refractivity contribution in [2.24, 2.45) is 5.92 Å². The molecule has 0 unspecified atom stereocenters. The number of hydrogen-bond acceptors (Lipinski definition) is 6. The van der Waals surface area contributed by atoms with E-state index in [2.05, 4.69) is 21.7 Å². The Hall–Kier alpha value is -2.59. The van der Waals surface area contributed by atoms with Gasteiger partial charge in [-0.3, -0.25) is 10.1 Å². The van der Waals surface area contributed by atoms with Crippen LogP contribution in [-0.4, -0.2) is 34.1 Å². The van der Waals surface area contributed by atoms with Crippen LogP contribution in [0.3, 0.4) is 0 Å². The fourth-order valence-electron chi connectivity index (χ4n) is 2.53. The molecule has 1 N–H and O–H groups in total. The normalized spacial score (nSPS) is 17.0. The number of likely N-dealkylation sites (tertiary alicyclic amines) is 1. The molecule has 1 amide bonds. The van der Waals surface area contributed by atoms with Crippen LogP contribution in [-0.2, 0) is 4.79 Å². The molecule has 118 valence electrons. The van der Waals surface area contributed by atoms with Crippen molar-refractivity contribution in [2.75, 3.05) is 18.4 Å². The molecule has 0 aliphatic carbocycles. The Labute approximate surface area is 137 Å². The molecule has 1 aliphatic heterocycles. The minimum absolute atomic E-state index is 0.0557. The van der Waals surface area contributed by atoms with E-state index in [0.717, 1.165) is 6.42 Å². The molecule has 1 fully saturated rings. The SMILES string of the molecule is N#CN1CC[C@@H](CC(=O)Nc2nnc(-c3cccc(Cl)c3)o2)C1. The third-order valence-electron chi connectivity index (χ3n) is 3.64. The van der Waals surface area contributed by atoms with Crippen molar-refractivity contribution in [1.82, 2.24) is 15.1 Å². The first kappa shape index (κ1) is 15.3. The second-order valence-corrected chi connectivity index (χ2v) is 5.81. The van der Waals surface area contributed by atoms with Crippen LogP contribution in [0.5, 0.6) is 0 Å². The lowest BCUT2D eigenvalue weighted by Crippen LogP contribution is -2.19. The first-order valence-electron chi connectivity index (χ1n) is 7.18. The average Bonchev–Trinajstić information content (AvgIpc) is 3.16. The average molecular weight is 332 g/mol. The quantitative estimate of drug-likeness (QED) is 0.865. The van der Waals surface area contributed by atoms with Crippen molar-refractivity contribution in [2.45, 2.75) is 12.8 Å². The number of hydrogen-bond donors (Lipinski definition) is 1. The molecule has 3 rings (SSSR count). The standard InChI is InChI=1S/C15H14ClN5O2/c16-12-3-1-2-11(7-12)14-19-20-15(23-14)18-13(22)6-10-4-5-21(8-10)9-17/h1-3,7,10H,4-6,8H2,(H,18,20,22)/t10-/m0/s1. The number of nitrogens with zero attached hydrogens (tertiary/aromatic N) is 4. The van der Waals surface area contributed by atoms with Crippen LogP contribution in [0, 0.1) is 17.4 Å². The van der Waals surface area contributed by atoms with Crippen LogP contribution in [0.1, 0.15) is 12.8 Å². The number of amides is 1. The summed E-state index contributed by atoms with van der Waals surface area (Å²) >= 11 is 5.92. The van der Waals surface area contributed by atoms with E-state index in [4.69, 9.17) is 21.3 Å². The molecular formula is C15H14ClN5O2. The highest BCUT2D eigenvalue weighted by Crippen LogP contribution is 2.23. The summed E-state index contributed by atoms with van der Waals surface area (Å²) in [6.45, 7) is 1.31. The number of anilines is 1. The number of halogens is 1. The molecular weight excluding hydrogens is 318 g/mol. The largest absolute Gasteiger partial charge is 0.403 e. The molecule has 8 heteroatoms. The summed E-state index contributed by atoms with van der Waals surface area (Å²) in [5.41, 5.74) is 0.686. The fourth-order valence-corrected chi connectivity index (χ4v) is 2.72. The maximum absolute atomic E-state index is 12.0. The van der Waals surface area contributed by atoms with Crippen LogP contribution in [0.4, 0.5) is 6.01 Å². The Morgan fingerprint density at radius 2 is 2.39 bits per heavy atom. The Bertz CT molecular complexity index is 754. The lowest BCUT2D eigenvalue weighted by atomic mass is 10.1. The van der Waals surface area contributed by atoms with Gasteiger partial charge in [0.15, 0.2) is 6.19 Å². The van der Waals surface area contributed by atoms with Gasteiger partial charge in [0.25, 0.3) is 0 Å². The summed E-state index contributed by atoms with van der Waals surface area (Å²) in [6.07, 6.45) is 3.25. The Balaban J connectivity index is 1.59. The molecule has 1 aromatic carbocycles. The lowest BCUT2D eigenvalue weighted by Gasteiger charge is -2.08. The van der Waals surface area contributed by atoms with E-state index in [1.807, 2.05) is 0 Å². The summed E-state index contributed by atoms with van der Waals surface area (Å²) < 4.78 is 5.43. The van der Waals surface area contributed by atoms with Gasteiger partial charge in [0.1, 0.15) is 0 Å². The Morgan fingerprint density at radius 3 is 3.13 bits per heavy atom. The highest BCUT2D eigenvalue weighted by atomic mass is 35.5. The topological polar surface area (TPSA) is 95.1 Å². The summed E-state index contributed by atoms with van der Waals surface area (Å²) in [4.78, 5) is 13.7. The molecule has 1 aromatic heterocycles. The molecule has 1 aliphatic rings. The van der Waals surface area contributed by atoms with Crippen molar-refractivity contribution in [3.8, 4) is 17.6 Å². The highest BCUT2D eigenvalue weighted by Gasteiger charge is 2.24. The van der Waals surface area contributed by atoms with Gasteiger partial charge in [-0.15, -0.1) is 5.10 Å². The Morgan fingerprint density at radius 1 is 1.52 bits per heavy atom. The van der Waals surface area contributed by atoms with Gasteiger partial charge < -0.3 is 9.32 Å². The van der Waals surface area contributed by atoms with Crippen LogP contribution in [0.2, 0.25) is 5.02 Å². The van der Waals surface area contributed by atoms with Crippen molar-refractivity contribution >= 4 is 23.5 Å². The van der Waals surface area contributed by atoms with Crippen molar-refractivity contribution < 1.29 is 9.21 Å². The minimum atomic E-state index is -0.198. The number of nitriles is 1. The van der Waals surface area contributed by atoms with Crippen LogP contribution in [0.15, 0.2) is 28.7 Å². The summed E-state index contributed by atoms with van der Waals surface area (Å²) in [7, 11) is 0. The predicted molar refractivity (Wildman–Crippen MR) is 83.3 cm³/mol. The number of nitrogens with one attached hydrogen (secondary N) is 1. The van der Waals surface area contributed by atoms with Gasteiger partial charge in [-0.25, -0.2) is 0 Å². The smallest absolute Gasteiger partial charge is 0.322 e. The maximum atomic E-state index is 12.0. The molecule has 7 nitrogen and oxygen atoms in total. The summed E-state index contributed by atoms with van der Waals surface area (Å²) in [5.74, 6) is 0.264. The highest BCUT2D eigenvalue weighted by molar-refractivity contribution is 6.30. The molecule has 0 bridgehead atoms. The van der Waals surface area contributed by atoms with Gasteiger partial charge in [0.2, 0.25) is 11.8 Å². The maximum Gasteiger partial charge on any atom is 0.322 e. The van der Waals surface area contributed by atoms with E-state index in [9.17, 15) is 4.79 Å². The molecule has 2 heterocycles. The predicted octanol–water partition coefficient (Wildman–Crippen LogP) is 2.52. The molecule has 2 aromatic rings. The lowest BCUT2D eigenvalue weighted by molar-refractivity contribution is -0.117. The molecule has 1 atom stereocenters. The zero-order valence-corrected chi connectivity index (χ0v) is 13.0. The zero-order chi connectivity index (χ0) is 16.2. The summed E-state index contributed by atoms with van der Waals surface area (Å²) in [6, 6.07) is 7.08.